The Balaban J connectivity index is 1.22. The second-order valence-corrected chi connectivity index (χ2v) is 27.7. The zero-order valence-electron chi connectivity index (χ0n) is 33.7. The van der Waals surface area contributed by atoms with Crippen molar-refractivity contribution in [2.75, 3.05) is 23.0 Å². The Morgan fingerprint density at radius 1 is 0.367 bits per heavy atom. The van der Waals surface area contributed by atoms with Gasteiger partial charge in [-0.3, -0.25) is 0 Å². The molecule has 0 saturated carbocycles. The third-order valence-corrected chi connectivity index (χ3v) is 25.5. The third kappa shape index (κ3) is 13.6. The van der Waals surface area contributed by atoms with Gasteiger partial charge < -0.3 is 0 Å². The van der Waals surface area contributed by atoms with Crippen LogP contribution in [-0.4, -0.2) is 33.0 Å². The molecule has 60 heavy (non-hydrogen) atoms. The number of fused-ring (bicyclic) bond motifs is 6. The molecule has 14 heteroatoms. The van der Waals surface area contributed by atoms with Gasteiger partial charge in [0.1, 0.15) is 22.1 Å². The van der Waals surface area contributed by atoms with Crippen LogP contribution in [0.25, 0.3) is 22.1 Å². The second-order valence-electron chi connectivity index (χ2n) is 13.1. The number of thioether (sulfide) groups is 12. The molecule has 308 valence electrons. The first-order valence-electron chi connectivity index (χ1n) is 19.9. The highest BCUT2D eigenvalue weighted by Gasteiger charge is 2.30. The SMILES string of the molecule is CCCCSC1=C(SCCCC)SC(=C2Sc3c#cc4cccc(c#cc5c(c#cc6cccc(c#cc3S2)n6)SC(=C2SC(SCCCC)=C(SCCCC)S2)S5)n4)S1. The van der Waals surface area contributed by atoms with Gasteiger partial charge in [-0.25, -0.2) is 9.97 Å². The molecule has 3 aromatic rings. The molecule has 4 aliphatic rings. The molecule has 3 aromatic heterocycles. The summed E-state index contributed by atoms with van der Waals surface area (Å²) in [6, 6.07) is 39.2. The van der Waals surface area contributed by atoms with E-state index in [-0.39, 0.29) is 0 Å². The maximum absolute atomic E-state index is 4.89. The molecule has 2 nitrogen and oxygen atoms in total. The maximum Gasteiger partial charge on any atom is 0.115 e. The summed E-state index contributed by atoms with van der Waals surface area (Å²) in [5, 5.41) is 0. The summed E-state index contributed by atoms with van der Waals surface area (Å²) in [7, 11) is 0. The normalized spacial score (nSPS) is 15.4. The van der Waals surface area contributed by atoms with Crippen LogP contribution in [0.2, 0.25) is 0 Å². The fourth-order valence-corrected chi connectivity index (χ4v) is 22.5. The molecule has 0 spiro atoms. The maximum atomic E-state index is 4.89. The summed E-state index contributed by atoms with van der Waals surface area (Å²) in [5.74, 6) is 4.62. The van der Waals surface area contributed by atoms with E-state index >= 15 is 0 Å². The molecule has 0 fully saturated rings. The Morgan fingerprint density at radius 3 is 0.867 bits per heavy atom. The monoisotopic (exact) mass is 1010 g/mol. The van der Waals surface area contributed by atoms with Crippen LogP contribution in [0.3, 0.4) is 0 Å². The molecule has 0 N–H and O–H groups in total. The van der Waals surface area contributed by atoms with Gasteiger partial charge in [0.05, 0.1) is 53.5 Å². The summed E-state index contributed by atoms with van der Waals surface area (Å²) >= 11 is 22.7. The third-order valence-electron chi connectivity index (χ3n) is 8.24. The van der Waals surface area contributed by atoms with E-state index in [4.69, 9.17) is 9.97 Å². The van der Waals surface area contributed by atoms with E-state index < -0.39 is 0 Å². The van der Waals surface area contributed by atoms with Gasteiger partial charge in [0.25, 0.3) is 0 Å². The van der Waals surface area contributed by atoms with Crippen molar-refractivity contribution in [3.05, 3.63) is 119 Å². The van der Waals surface area contributed by atoms with Crippen LogP contribution < -0.4 is 0 Å². The zero-order chi connectivity index (χ0) is 41.5. The minimum Gasteiger partial charge on any atom is -0.231 e. The fraction of sp³-hybridized carbons (Fsp3) is 0.348. The number of unbranched alkanes of at least 4 members (excludes halogenated alkanes) is 4. The van der Waals surface area contributed by atoms with Crippen LogP contribution in [0, 0.1) is 48.5 Å². The number of aromatic nitrogens is 2. The topological polar surface area (TPSA) is 25.8 Å². The molecular formula is C46H42N2S12. The lowest BCUT2D eigenvalue weighted by molar-refractivity contribution is 0.897. The number of nitrogens with zero attached hydrogens (tertiary/aromatic N) is 2. The van der Waals surface area contributed by atoms with E-state index in [1.807, 2.05) is 130 Å². The summed E-state index contributed by atoms with van der Waals surface area (Å²) in [6.45, 7) is 9.06. The molecule has 0 saturated heterocycles. The Hall–Kier alpha value is -0.820. The lowest BCUT2D eigenvalue weighted by atomic mass is 10.3. The highest BCUT2D eigenvalue weighted by atomic mass is 32.3. The molecule has 0 radical (unpaired) electrons. The van der Waals surface area contributed by atoms with Crippen molar-refractivity contribution in [1.29, 1.82) is 0 Å². The zero-order valence-corrected chi connectivity index (χ0v) is 43.5. The predicted molar refractivity (Wildman–Crippen MR) is 283 cm³/mol. The molecule has 7 rings (SSSR count). The predicted octanol–water partition coefficient (Wildman–Crippen LogP) is 18.0. The standard InChI is InChI=1S/C46H42N2S12/c1-5-9-27-49-39-40(50-28-10-6-2)58-45(57-39)43-53-35-23-19-31-15-13-17-33(47-31)21-25-37-38(26-22-34-18-14-16-32(48-34)20-24-36(35)54-43)56-44(55-37)46-59-41(51-29-11-7-3)42(60-46)52-30-12-8-4/h13-18H,5-12,27-30H2,1-4H3. The van der Waals surface area contributed by atoms with Crippen molar-refractivity contribution in [2.45, 2.75) is 98.6 Å². The first-order valence-corrected chi connectivity index (χ1v) is 30.4. The highest BCUT2D eigenvalue weighted by molar-refractivity contribution is 8.43. The van der Waals surface area contributed by atoms with E-state index in [0.29, 0.717) is 22.1 Å². The van der Waals surface area contributed by atoms with Crippen LogP contribution in [0.15, 0.2) is 89.9 Å². The van der Waals surface area contributed by atoms with Crippen LogP contribution in [0.4, 0.5) is 0 Å². The van der Waals surface area contributed by atoms with E-state index in [1.165, 1.54) is 85.3 Å². The van der Waals surface area contributed by atoms with Crippen molar-refractivity contribution >= 4 is 163 Å². The van der Waals surface area contributed by atoms with Gasteiger partial charge in [0.15, 0.2) is 0 Å². The Bertz CT molecular complexity index is 2010. The number of pyridine rings is 2. The van der Waals surface area contributed by atoms with Crippen LogP contribution >= 0.6 is 141 Å². The molecule has 0 atom stereocenters. The van der Waals surface area contributed by atoms with Crippen molar-refractivity contribution in [3.63, 3.8) is 0 Å². The summed E-state index contributed by atoms with van der Waals surface area (Å²) in [6.07, 6.45) is 9.78. The fourth-order valence-electron chi connectivity index (χ4n) is 5.03. The molecule has 0 unspecified atom stereocenters. The van der Waals surface area contributed by atoms with Crippen molar-refractivity contribution < 1.29 is 0 Å². The summed E-state index contributed by atoms with van der Waals surface area (Å²) in [5.41, 5.74) is 2.76. The first kappa shape index (κ1) is 47.2. The average Bonchev–Trinajstić information content (AvgIpc) is 4.07. The minimum absolute atomic E-state index is 0.690. The van der Waals surface area contributed by atoms with Gasteiger partial charge in [0, 0.05) is 0 Å². The van der Waals surface area contributed by atoms with Gasteiger partial charge in [0.2, 0.25) is 0 Å². The minimum atomic E-state index is 0.690. The Labute approximate surface area is 409 Å². The Morgan fingerprint density at radius 2 is 0.617 bits per heavy atom. The second kappa shape index (κ2) is 25.0. The van der Waals surface area contributed by atoms with Crippen LogP contribution in [0.5, 0.6) is 0 Å². The molecule has 0 aromatic carbocycles. The molecule has 0 amide bonds. The molecular weight excluding hydrogens is 965 g/mol. The quantitative estimate of drug-likeness (QED) is 0.127. The molecule has 7 heterocycles. The highest BCUT2D eigenvalue weighted by Crippen LogP contribution is 2.65. The molecule has 4 aliphatic heterocycles. The van der Waals surface area contributed by atoms with Crippen molar-refractivity contribution in [1.82, 2.24) is 9.97 Å². The van der Waals surface area contributed by atoms with Crippen molar-refractivity contribution in [3.8, 4) is 0 Å². The van der Waals surface area contributed by atoms with Crippen LogP contribution in [-0.2, 0) is 0 Å². The molecule has 0 aliphatic carbocycles. The van der Waals surface area contributed by atoms with E-state index in [1.54, 1.807) is 47.0 Å². The first-order chi connectivity index (χ1) is 29.5. The van der Waals surface area contributed by atoms with Gasteiger partial charge in [-0.2, -0.15) is 0 Å². The van der Waals surface area contributed by atoms with Gasteiger partial charge >= 0.3 is 0 Å². The lowest BCUT2D eigenvalue weighted by Gasteiger charge is -2.03. The van der Waals surface area contributed by atoms with Crippen molar-refractivity contribution in [2.24, 2.45) is 0 Å². The lowest BCUT2D eigenvalue weighted by Crippen LogP contribution is -1.80. The number of hydrogen-bond donors (Lipinski definition) is 0. The smallest absolute Gasteiger partial charge is 0.115 e. The van der Waals surface area contributed by atoms with E-state index in [2.05, 4.69) is 76.2 Å². The molecule has 4 bridgehead atoms. The van der Waals surface area contributed by atoms with Gasteiger partial charge in [-0.05, 0) is 97.2 Å². The Kier molecular flexibility index (Phi) is 19.7. The largest absolute Gasteiger partial charge is 0.231 e. The van der Waals surface area contributed by atoms with Gasteiger partial charge in [-0.1, -0.05) is 184 Å². The number of rotatable bonds is 16. The van der Waals surface area contributed by atoms with Crippen LogP contribution in [0.1, 0.15) is 79.1 Å². The number of hydrogen-bond acceptors (Lipinski definition) is 14. The van der Waals surface area contributed by atoms with Gasteiger partial charge in [-0.15, -0.1) is 47.0 Å². The van der Waals surface area contributed by atoms with E-state index in [0.717, 1.165) is 42.6 Å². The van der Waals surface area contributed by atoms with E-state index in [9.17, 15) is 0 Å². The average molecular weight is 1010 g/mol. The summed E-state index contributed by atoms with van der Waals surface area (Å²) < 4.78 is 10.9. The summed E-state index contributed by atoms with van der Waals surface area (Å²) in [4.78, 5) is 13.6.